The SMILES string of the molecule is c1ccc(-c2cc(-c3cccc(-c4cccc(-c5nc(-c6ccccc6)nc(-c6ccc7c(c6)oc6cc8ccccc8cc67)n5)c4)c3)nc(-c3ccc4c(c3)oc3ccccc34)n2)cc1. The molecule has 0 spiro atoms. The number of benzene rings is 9. The van der Waals surface area contributed by atoms with Gasteiger partial charge in [-0.15, -0.1) is 0 Å². The molecule has 0 amide bonds. The molecule has 0 aliphatic rings. The van der Waals surface area contributed by atoms with Gasteiger partial charge in [0.15, 0.2) is 23.3 Å². The number of nitrogens with zero attached hydrogens (tertiary/aromatic N) is 5. The molecule has 0 aliphatic carbocycles. The zero-order valence-corrected chi connectivity index (χ0v) is 35.3. The average Bonchev–Trinajstić information content (AvgIpc) is 3.95. The lowest BCUT2D eigenvalue weighted by atomic mass is 9.99. The Kier molecular flexibility index (Phi) is 8.70. The molecule has 7 heteroatoms. The van der Waals surface area contributed by atoms with Crippen LogP contribution in [0.15, 0.2) is 221 Å². The molecular weight excluding hydrogens is 811 g/mol. The number of hydrogen-bond donors (Lipinski definition) is 0. The van der Waals surface area contributed by atoms with E-state index in [4.69, 9.17) is 33.8 Å². The Labute approximate surface area is 378 Å². The molecule has 7 nitrogen and oxygen atoms in total. The second-order valence-electron chi connectivity index (χ2n) is 16.5. The topological polar surface area (TPSA) is 90.7 Å². The minimum atomic E-state index is 0.562. The van der Waals surface area contributed by atoms with Gasteiger partial charge in [-0.1, -0.05) is 152 Å². The highest BCUT2D eigenvalue weighted by atomic mass is 16.3. The molecule has 0 bridgehead atoms. The summed E-state index contributed by atoms with van der Waals surface area (Å²) in [6.07, 6.45) is 0. The highest BCUT2D eigenvalue weighted by molar-refractivity contribution is 6.10. The molecule has 66 heavy (non-hydrogen) atoms. The van der Waals surface area contributed by atoms with Crippen LogP contribution in [0.3, 0.4) is 0 Å². The zero-order valence-electron chi connectivity index (χ0n) is 35.3. The van der Waals surface area contributed by atoms with Gasteiger partial charge in [0.2, 0.25) is 0 Å². The van der Waals surface area contributed by atoms with Crippen molar-refractivity contribution in [2.24, 2.45) is 0 Å². The lowest BCUT2D eigenvalue weighted by molar-refractivity contribution is 0.669. The zero-order chi connectivity index (χ0) is 43.6. The smallest absolute Gasteiger partial charge is 0.164 e. The van der Waals surface area contributed by atoms with Crippen molar-refractivity contribution in [1.82, 2.24) is 24.9 Å². The molecule has 0 atom stereocenters. The minimum absolute atomic E-state index is 0.562. The van der Waals surface area contributed by atoms with Gasteiger partial charge in [0.1, 0.15) is 22.3 Å². The summed E-state index contributed by atoms with van der Waals surface area (Å²) in [5.74, 6) is 2.34. The van der Waals surface area contributed by atoms with Crippen LogP contribution in [0.1, 0.15) is 0 Å². The van der Waals surface area contributed by atoms with E-state index >= 15 is 0 Å². The van der Waals surface area contributed by atoms with Gasteiger partial charge in [-0.3, -0.25) is 0 Å². The molecule has 0 fully saturated rings. The van der Waals surface area contributed by atoms with Crippen molar-refractivity contribution in [3.63, 3.8) is 0 Å². The van der Waals surface area contributed by atoms with Crippen LogP contribution in [0.2, 0.25) is 0 Å². The van der Waals surface area contributed by atoms with Gasteiger partial charge in [0.25, 0.3) is 0 Å². The van der Waals surface area contributed by atoms with Crippen LogP contribution in [0.25, 0.3) is 134 Å². The summed E-state index contributed by atoms with van der Waals surface area (Å²) in [6, 6.07) is 72.4. The van der Waals surface area contributed by atoms with Crippen LogP contribution in [-0.2, 0) is 0 Å². The standard InChI is InChI=1S/C59H35N5O2/c1-3-13-36(14-4-1)50-35-51(61-57(60-50)44-25-27-47-46-23-9-10-24-52(46)65-53(47)33-44)42-21-11-19-38(29-42)39-20-12-22-43(30-39)58-62-56(37-15-5-2-6-16-37)63-59(64-58)45-26-28-48-49-31-40-17-7-8-18-41(40)32-55(49)66-54(48)34-45/h1-35H. The monoisotopic (exact) mass is 845 g/mol. The van der Waals surface area contributed by atoms with Crippen LogP contribution in [0, 0.1) is 0 Å². The molecular formula is C59H35N5O2. The summed E-state index contributed by atoms with van der Waals surface area (Å²) in [4.78, 5) is 25.5. The lowest BCUT2D eigenvalue weighted by Crippen LogP contribution is -2.00. The van der Waals surface area contributed by atoms with Crippen molar-refractivity contribution in [2.45, 2.75) is 0 Å². The molecule has 0 N–H and O–H groups in total. The van der Waals surface area contributed by atoms with Crippen molar-refractivity contribution in [1.29, 1.82) is 0 Å². The van der Waals surface area contributed by atoms with Gasteiger partial charge in [-0.2, -0.15) is 0 Å². The highest BCUT2D eigenvalue weighted by Gasteiger charge is 2.18. The third kappa shape index (κ3) is 6.66. The molecule has 0 saturated heterocycles. The van der Waals surface area contributed by atoms with Gasteiger partial charge in [0.05, 0.1) is 11.4 Å². The number of furan rings is 2. The predicted octanol–water partition coefficient (Wildman–Crippen LogP) is 15.3. The maximum Gasteiger partial charge on any atom is 0.164 e. The van der Waals surface area contributed by atoms with E-state index in [0.717, 1.165) is 105 Å². The fraction of sp³-hybridized carbons (Fsp3) is 0. The first kappa shape index (κ1) is 37.5. The van der Waals surface area contributed by atoms with Crippen LogP contribution < -0.4 is 0 Å². The van der Waals surface area contributed by atoms with Gasteiger partial charge in [-0.25, -0.2) is 24.9 Å². The molecule has 13 rings (SSSR count). The number of para-hydroxylation sites is 1. The van der Waals surface area contributed by atoms with Crippen molar-refractivity contribution < 1.29 is 8.83 Å². The van der Waals surface area contributed by atoms with Crippen LogP contribution in [0.4, 0.5) is 0 Å². The second-order valence-corrected chi connectivity index (χ2v) is 16.5. The Morgan fingerprint density at radius 1 is 0.227 bits per heavy atom. The van der Waals surface area contributed by atoms with E-state index in [2.05, 4.69) is 127 Å². The molecule has 0 aliphatic heterocycles. The first-order valence-corrected chi connectivity index (χ1v) is 21.9. The number of fused-ring (bicyclic) bond motifs is 7. The number of rotatable bonds is 7. The molecule has 4 aromatic heterocycles. The van der Waals surface area contributed by atoms with Crippen LogP contribution in [0.5, 0.6) is 0 Å². The Bertz CT molecular complexity index is 4010. The molecule has 4 heterocycles. The first-order chi connectivity index (χ1) is 32.6. The van der Waals surface area contributed by atoms with Gasteiger partial charge >= 0.3 is 0 Å². The molecule has 13 aromatic rings. The summed E-state index contributed by atoms with van der Waals surface area (Å²) in [7, 11) is 0. The minimum Gasteiger partial charge on any atom is -0.456 e. The van der Waals surface area contributed by atoms with Crippen molar-refractivity contribution in [3.05, 3.63) is 212 Å². The van der Waals surface area contributed by atoms with Gasteiger partial charge in [0, 0.05) is 54.9 Å². The summed E-state index contributed by atoms with van der Waals surface area (Å²) in [5.41, 5.74) is 12.4. The first-order valence-electron chi connectivity index (χ1n) is 21.9. The van der Waals surface area contributed by atoms with Crippen LogP contribution in [-0.4, -0.2) is 24.9 Å². The fourth-order valence-electron chi connectivity index (χ4n) is 8.99. The van der Waals surface area contributed by atoms with Gasteiger partial charge in [-0.05, 0) is 82.6 Å². The molecule has 308 valence electrons. The van der Waals surface area contributed by atoms with E-state index in [1.54, 1.807) is 0 Å². The molecule has 9 aromatic carbocycles. The normalized spacial score (nSPS) is 11.6. The molecule has 0 unspecified atom stereocenters. The third-order valence-electron chi connectivity index (χ3n) is 12.3. The quantitative estimate of drug-likeness (QED) is 0.158. The van der Waals surface area contributed by atoms with E-state index in [0.29, 0.717) is 23.3 Å². The average molecular weight is 846 g/mol. The van der Waals surface area contributed by atoms with E-state index in [9.17, 15) is 0 Å². The van der Waals surface area contributed by atoms with Crippen molar-refractivity contribution in [2.75, 3.05) is 0 Å². The Balaban J connectivity index is 0.893. The van der Waals surface area contributed by atoms with Crippen molar-refractivity contribution >= 4 is 54.6 Å². The van der Waals surface area contributed by atoms with E-state index in [1.165, 1.54) is 5.39 Å². The van der Waals surface area contributed by atoms with E-state index in [1.807, 2.05) is 84.9 Å². The fourth-order valence-corrected chi connectivity index (χ4v) is 8.99. The predicted molar refractivity (Wildman–Crippen MR) is 266 cm³/mol. The lowest BCUT2D eigenvalue weighted by Gasteiger charge is -2.12. The number of aromatic nitrogens is 5. The van der Waals surface area contributed by atoms with Crippen molar-refractivity contribution in [3.8, 4) is 79.2 Å². The summed E-state index contributed by atoms with van der Waals surface area (Å²) in [6.45, 7) is 0. The largest absolute Gasteiger partial charge is 0.456 e. The Morgan fingerprint density at radius 3 is 1.36 bits per heavy atom. The van der Waals surface area contributed by atoms with E-state index in [-0.39, 0.29) is 0 Å². The molecule has 0 radical (unpaired) electrons. The summed E-state index contributed by atoms with van der Waals surface area (Å²) < 4.78 is 12.7. The third-order valence-corrected chi connectivity index (χ3v) is 12.3. The summed E-state index contributed by atoms with van der Waals surface area (Å²) >= 11 is 0. The Morgan fingerprint density at radius 2 is 0.667 bits per heavy atom. The van der Waals surface area contributed by atoms with Crippen LogP contribution >= 0.6 is 0 Å². The number of hydrogen-bond acceptors (Lipinski definition) is 7. The summed E-state index contributed by atoms with van der Waals surface area (Å²) in [5, 5.41) is 6.59. The highest BCUT2D eigenvalue weighted by Crippen LogP contribution is 2.37. The maximum absolute atomic E-state index is 6.46. The van der Waals surface area contributed by atoms with E-state index < -0.39 is 0 Å². The Hall–Kier alpha value is -9.07. The maximum atomic E-state index is 6.46. The second kappa shape index (κ2) is 15.3. The molecule has 0 saturated carbocycles. The van der Waals surface area contributed by atoms with Gasteiger partial charge < -0.3 is 8.83 Å².